The van der Waals surface area contributed by atoms with Crippen LogP contribution in [0.25, 0.3) is 16.9 Å². The summed E-state index contributed by atoms with van der Waals surface area (Å²) in [5, 5.41) is 9.23. The third kappa shape index (κ3) is 2.28. The van der Waals surface area contributed by atoms with E-state index in [0.717, 1.165) is 39.5 Å². The molecule has 2 aromatic heterocycles. The van der Waals surface area contributed by atoms with Gasteiger partial charge in [0, 0.05) is 17.5 Å². The molecule has 0 saturated heterocycles. The molecule has 0 fully saturated rings. The van der Waals surface area contributed by atoms with E-state index < -0.39 is 0 Å². The second-order valence-corrected chi connectivity index (χ2v) is 5.15. The van der Waals surface area contributed by atoms with Crippen LogP contribution in [0.2, 0.25) is 0 Å². The average Bonchev–Trinajstić information content (AvgIpc) is 2.83. The Kier molecular flexibility index (Phi) is 3.39. The molecule has 0 bridgehead atoms. The highest BCUT2D eigenvalue weighted by Crippen LogP contribution is 2.28. The molecule has 0 atom stereocenters. The van der Waals surface area contributed by atoms with Gasteiger partial charge in [0.15, 0.2) is 0 Å². The van der Waals surface area contributed by atoms with E-state index in [1.54, 1.807) is 7.11 Å². The molecule has 3 aromatic rings. The first-order chi connectivity index (χ1) is 10.1. The predicted octanol–water partition coefficient (Wildman–Crippen LogP) is 3.12. The summed E-state index contributed by atoms with van der Waals surface area (Å²) in [5.41, 5.74) is 5.91. The van der Waals surface area contributed by atoms with Gasteiger partial charge in [0.25, 0.3) is 0 Å². The topological polar surface area (TPSA) is 46.8 Å². The number of rotatable bonds is 3. The summed E-state index contributed by atoms with van der Waals surface area (Å²) in [7, 11) is 1.68. The van der Waals surface area contributed by atoms with Crippen LogP contribution in [0, 0.1) is 13.8 Å². The standard InChI is InChI=1S/C17H18N2O2/c1-11-8-14(4-5-15(11)21-3)17-12(2)19-7-6-13(10-20)9-16(19)18-17/h4-9,20H,10H2,1-3H3. The Morgan fingerprint density at radius 3 is 2.67 bits per heavy atom. The molecule has 0 aliphatic heterocycles. The van der Waals surface area contributed by atoms with Crippen molar-refractivity contribution in [3.05, 3.63) is 53.3 Å². The van der Waals surface area contributed by atoms with E-state index in [-0.39, 0.29) is 6.61 Å². The zero-order valence-electron chi connectivity index (χ0n) is 12.4. The molecular formula is C17H18N2O2. The van der Waals surface area contributed by atoms with Crippen molar-refractivity contribution in [1.29, 1.82) is 0 Å². The van der Waals surface area contributed by atoms with Crippen molar-refractivity contribution in [2.45, 2.75) is 20.5 Å². The van der Waals surface area contributed by atoms with Crippen molar-refractivity contribution in [3.63, 3.8) is 0 Å². The maximum atomic E-state index is 9.23. The van der Waals surface area contributed by atoms with Crippen molar-refractivity contribution >= 4 is 5.65 Å². The molecule has 1 N–H and O–H groups in total. The Labute approximate surface area is 123 Å². The molecule has 2 heterocycles. The van der Waals surface area contributed by atoms with Gasteiger partial charge in [-0.15, -0.1) is 0 Å². The summed E-state index contributed by atoms with van der Waals surface area (Å²) >= 11 is 0. The lowest BCUT2D eigenvalue weighted by molar-refractivity contribution is 0.282. The molecule has 4 heteroatoms. The highest BCUT2D eigenvalue weighted by molar-refractivity contribution is 5.68. The highest BCUT2D eigenvalue weighted by atomic mass is 16.5. The molecule has 3 rings (SSSR count). The molecule has 0 aliphatic carbocycles. The molecule has 0 unspecified atom stereocenters. The summed E-state index contributed by atoms with van der Waals surface area (Å²) < 4.78 is 7.34. The van der Waals surface area contributed by atoms with E-state index in [1.165, 1.54) is 0 Å². The first-order valence-electron chi connectivity index (χ1n) is 6.87. The van der Waals surface area contributed by atoms with Gasteiger partial charge in [-0.05, 0) is 55.3 Å². The van der Waals surface area contributed by atoms with Crippen molar-refractivity contribution < 1.29 is 9.84 Å². The maximum Gasteiger partial charge on any atom is 0.138 e. The van der Waals surface area contributed by atoms with Gasteiger partial charge in [-0.1, -0.05) is 0 Å². The molecule has 0 aliphatic rings. The number of aryl methyl sites for hydroxylation is 2. The fourth-order valence-electron chi connectivity index (χ4n) is 2.61. The summed E-state index contributed by atoms with van der Waals surface area (Å²) in [6.45, 7) is 4.10. The van der Waals surface area contributed by atoms with Crippen LogP contribution in [-0.2, 0) is 6.61 Å². The summed E-state index contributed by atoms with van der Waals surface area (Å²) in [6, 6.07) is 9.89. The number of nitrogens with zero attached hydrogens (tertiary/aromatic N) is 2. The number of methoxy groups -OCH3 is 1. The molecule has 108 valence electrons. The number of benzene rings is 1. The van der Waals surface area contributed by atoms with Gasteiger partial charge in [-0.3, -0.25) is 0 Å². The van der Waals surface area contributed by atoms with E-state index in [2.05, 4.69) is 6.07 Å². The summed E-state index contributed by atoms with van der Waals surface area (Å²) in [5.74, 6) is 0.878. The lowest BCUT2D eigenvalue weighted by Crippen LogP contribution is -1.91. The van der Waals surface area contributed by atoms with Crippen molar-refractivity contribution in [2.24, 2.45) is 0 Å². The minimum absolute atomic E-state index is 0.0272. The van der Waals surface area contributed by atoms with Crippen LogP contribution in [-0.4, -0.2) is 21.6 Å². The van der Waals surface area contributed by atoms with Crippen LogP contribution in [0.1, 0.15) is 16.8 Å². The number of hydrogen-bond acceptors (Lipinski definition) is 3. The van der Waals surface area contributed by atoms with Gasteiger partial charge in [0.05, 0.1) is 19.4 Å². The number of aliphatic hydroxyl groups is 1. The van der Waals surface area contributed by atoms with Crippen molar-refractivity contribution in [1.82, 2.24) is 9.38 Å². The van der Waals surface area contributed by atoms with Crippen LogP contribution in [0.3, 0.4) is 0 Å². The number of fused-ring (bicyclic) bond motifs is 1. The fraction of sp³-hybridized carbons (Fsp3) is 0.235. The van der Waals surface area contributed by atoms with Crippen LogP contribution in [0.5, 0.6) is 5.75 Å². The Bertz CT molecular complexity index is 806. The second-order valence-electron chi connectivity index (χ2n) is 5.15. The van der Waals surface area contributed by atoms with E-state index in [0.29, 0.717) is 0 Å². The Morgan fingerprint density at radius 1 is 1.19 bits per heavy atom. The second kappa shape index (κ2) is 5.22. The summed E-state index contributed by atoms with van der Waals surface area (Å²) in [6.07, 6.45) is 1.95. The largest absolute Gasteiger partial charge is 0.496 e. The van der Waals surface area contributed by atoms with Gasteiger partial charge >= 0.3 is 0 Å². The number of aliphatic hydroxyl groups excluding tert-OH is 1. The van der Waals surface area contributed by atoms with E-state index in [4.69, 9.17) is 9.72 Å². The zero-order valence-corrected chi connectivity index (χ0v) is 12.4. The Morgan fingerprint density at radius 2 is 2.00 bits per heavy atom. The number of pyridine rings is 1. The average molecular weight is 282 g/mol. The van der Waals surface area contributed by atoms with E-state index in [9.17, 15) is 5.11 Å². The van der Waals surface area contributed by atoms with Gasteiger partial charge in [0.1, 0.15) is 11.4 Å². The van der Waals surface area contributed by atoms with Crippen LogP contribution < -0.4 is 4.74 Å². The lowest BCUT2D eigenvalue weighted by atomic mass is 10.1. The zero-order chi connectivity index (χ0) is 15.0. The summed E-state index contributed by atoms with van der Waals surface area (Å²) in [4.78, 5) is 4.70. The highest BCUT2D eigenvalue weighted by Gasteiger charge is 2.12. The molecule has 1 aromatic carbocycles. The molecule has 0 spiro atoms. The molecular weight excluding hydrogens is 264 g/mol. The quantitative estimate of drug-likeness (QED) is 0.803. The minimum atomic E-state index is 0.0272. The third-order valence-corrected chi connectivity index (χ3v) is 3.78. The molecule has 0 amide bonds. The van der Waals surface area contributed by atoms with Crippen LogP contribution >= 0.6 is 0 Å². The molecule has 0 radical (unpaired) electrons. The minimum Gasteiger partial charge on any atom is -0.496 e. The number of aromatic nitrogens is 2. The number of hydrogen-bond donors (Lipinski definition) is 1. The SMILES string of the molecule is COc1ccc(-c2nc3cc(CO)ccn3c2C)cc1C. The third-order valence-electron chi connectivity index (χ3n) is 3.78. The normalized spacial score (nSPS) is 11.0. The van der Waals surface area contributed by atoms with Gasteiger partial charge in [-0.25, -0.2) is 4.98 Å². The Hall–Kier alpha value is -2.33. The smallest absolute Gasteiger partial charge is 0.138 e. The van der Waals surface area contributed by atoms with E-state index in [1.807, 2.05) is 48.7 Å². The molecule has 21 heavy (non-hydrogen) atoms. The molecule has 0 saturated carbocycles. The number of ether oxygens (including phenoxy) is 1. The van der Waals surface area contributed by atoms with Gasteiger partial charge in [-0.2, -0.15) is 0 Å². The number of imidazole rings is 1. The molecule has 4 nitrogen and oxygen atoms in total. The van der Waals surface area contributed by atoms with Gasteiger partial charge in [0.2, 0.25) is 0 Å². The predicted molar refractivity (Wildman–Crippen MR) is 82.6 cm³/mol. The van der Waals surface area contributed by atoms with Crippen LogP contribution in [0.4, 0.5) is 0 Å². The van der Waals surface area contributed by atoms with Crippen LogP contribution in [0.15, 0.2) is 36.5 Å². The lowest BCUT2D eigenvalue weighted by Gasteiger charge is -2.06. The van der Waals surface area contributed by atoms with Crippen molar-refractivity contribution in [2.75, 3.05) is 7.11 Å². The maximum absolute atomic E-state index is 9.23. The van der Waals surface area contributed by atoms with E-state index >= 15 is 0 Å². The first kappa shape index (κ1) is 13.6. The first-order valence-corrected chi connectivity index (χ1v) is 6.87. The monoisotopic (exact) mass is 282 g/mol. The Balaban J connectivity index is 2.16. The van der Waals surface area contributed by atoms with Crippen molar-refractivity contribution in [3.8, 4) is 17.0 Å². The fourth-order valence-corrected chi connectivity index (χ4v) is 2.61. The van der Waals surface area contributed by atoms with Gasteiger partial charge < -0.3 is 14.2 Å².